The lowest BCUT2D eigenvalue weighted by atomic mass is 9.87. The lowest BCUT2D eigenvalue weighted by Crippen LogP contribution is -2.34. The molecule has 2 rings (SSSR count). The Morgan fingerprint density at radius 1 is 1.38 bits per heavy atom. The van der Waals surface area contributed by atoms with Gasteiger partial charge < -0.3 is 10.4 Å². The van der Waals surface area contributed by atoms with Gasteiger partial charge in [0.15, 0.2) is 0 Å². The predicted octanol–water partition coefficient (Wildman–Crippen LogP) is 3.15. The molecule has 2 nitrogen and oxygen atoms in total. The summed E-state index contributed by atoms with van der Waals surface area (Å²) in [5, 5.41) is 13.0. The zero-order valence-corrected chi connectivity index (χ0v) is 11.7. The summed E-state index contributed by atoms with van der Waals surface area (Å²) in [7, 11) is 0. The van der Waals surface area contributed by atoms with Crippen LogP contribution in [-0.2, 0) is 6.54 Å². The third kappa shape index (κ3) is 3.06. The minimum absolute atomic E-state index is 0.161. The smallest absolute Gasteiger partial charge is 0.0701 e. The van der Waals surface area contributed by atoms with Crippen molar-refractivity contribution in [1.82, 2.24) is 5.32 Å². The molecule has 1 fully saturated rings. The predicted molar refractivity (Wildman–Crippen MR) is 71.7 cm³/mol. The molecule has 0 aliphatic heterocycles. The maximum absolute atomic E-state index is 9.47. The SMILES string of the molecule is OCC1(CNCc2ccc(Br)s2)CCCC1. The van der Waals surface area contributed by atoms with Crippen LogP contribution in [0.4, 0.5) is 0 Å². The molecule has 0 unspecified atom stereocenters. The summed E-state index contributed by atoms with van der Waals surface area (Å²) in [6.45, 7) is 2.19. The molecule has 4 heteroatoms. The second kappa shape index (κ2) is 5.63. The molecule has 1 heterocycles. The molecule has 0 atom stereocenters. The highest BCUT2D eigenvalue weighted by atomic mass is 79.9. The van der Waals surface area contributed by atoms with E-state index in [0.717, 1.165) is 13.1 Å². The van der Waals surface area contributed by atoms with Crippen molar-refractivity contribution >= 4 is 27.3 Å². The second-order valence-electron chi connectivity index (χ2n) is 4.67. The maximum atomic E-state index is 9.47. The van der Waals surface area contributed by atoms with E-state index < -0.39 is 0 Å². The number of aliphatic hydroxyl groups excluding tert-OH is 1. The molecule has 1 saturated carbocycles. The van der Waals surface area contributed by atoms with Crippen molar-refractivity contribution in [2.45, 2.75) is 32.2 Å². The van der Waals surface area contributed by atoms with Crippen LogP contribution >= 0.6 is 27.3 Å². The summed E-state index contributed by atoms with van der Waals surface area (Å²) in [4.78, 5) is 1.35. The van der Waals surface area contributed by atoms with E-state index in [0.29, 0.717) is 6.61 Å². The topological polar surface area (TPSA) is 32.3 Å². The molecule has 0 bridgehead atoms. The number of aliphatic hydroxyl groups is 1. The van der Waals surface area contributed by atoms with E-state index in [-0.39, 0.29) is 5.41 Å². The molecule has 0 radical (unpaired) electrons. The Hall–Kier alpha value is 0.1000. The third-order valence-corrected chi connectivity index (χ3v) is 5.05. The van der Waals surface area contributed by atoms with Crippen molar-refractivity contribution in [2.75, 3.05) is 13.2 Å². The molecule has 0 amide bonds. The zero-order chi connectivity index (χ0) is 11.4. The Morgan fingerprint density at radius 2 is 2.12 bits per heavy atom. The van der Waals surface area contributed by atoms with Gasteiger partial charge in [0.1, 0.15) is 0 Å². The molecular formula is C12H18BrNOS. The van der Waals surface area contributed by atoms with Crippen molar-refractivity contribution in [2.24, 2.45) is 5.41 Å². The number of rotatable bonds is 5. The van der Waals surface area contributed by atoms with Gasteiger partial charge in [-0.2, -0.15) is 0 Å². The molecule has 0 spiro atoms. The van der Waals surface area contributed by atoms with E-state index >= 15 is 0 Å². The minimum atomic E-state index is 0.161. The first-order valence-electron chi connectivity index (χ1n) is 5.80. The number of hydrogen-bond donors (Lipinski definition) is 2. The molecule has 2 N–H and O–H groups in total. The molecule has 1 aliphatic carbocycles. The van der Waals surface area contributed by atoms with E-state index in [9.17, 15) is 5.11 Å². The number of nitrogens with one attached hydrogen (secondary N) is 1. The fourth-order valence-corrected chi connectivity index (χ4v) is 3.87. The fourth-order valence-electron chi connectivity index (χ4n) is 2.41. The van der Waals surface area contributed by atoms with Crippen molar-refractivity contribution in [1.29, 1.82) is 0 Å². The van der Waals surface area contributed by atoms with Gasteiger partial charge in [0.25, 0.3) is 0 Å². The quantitative estimate of drug-likeness (QED) is 0.876. The van der Waals surface area contributed by atoms with Crippen molar-refractivity contribution in [3.05, 3.63) is 20.8 Å². The second-order valence-corrected chi connectivity index (χ2v) is 7.22. The standard InChI is InChI=1S/C12H18BrNOS/c13-11-4-3-10(16-11)7-14-8-12(9-15)5-1-2-6-12/h3-4,14-15H,1-2,5-9H2. The molecule has 16 heavy (non-hydrogen) atoms. The molecule has 1 aromatic rings. The van der Waals surface area contributed by atoms with E-state index in [4.69, 9.17) is 0 Å². The first-order chi connectivity index (χ1) is 7.74. The minimum Gasteiger partial charge on any atom is -0.396 e. The van der Waals surface area contributed by atoms with E-state index in [2.05, 4.69) is 33.4 Å². The van der Waals surface area contributed by atoms with Gasteiger partial charge in [-0.25, -0.2) is 0 Å². The first-order valence-corrected chi connectivity index (χ1v) is 7.41. The van der Waals surface area contributed by atoms with Gasteiger partial charge in [-0.1, -0.05) is 12.8 Å². The van der Waals surface area contributed by atoms with Crippen LogP contribution in [0.15, 0.2) is 15.9 Å². The monoisotopic (exact) mass is 303 g/mol. The fraction of sp³-hybridized carbons (Fsp3) is 0.667. The van der Waals surface area contributed by atoms with Crippen LogP contribution in [0.1, 0.15) is 30.6 Å². The van der Waals surface area contributed by atoms with E-state index in [1.54, 1.807) is 11.3 Å². The Balaban J connectivity index is 1.78. The van der Waals surface area contributed by atoms with Gasteiger partial charge in [0, 0.05) is 30.0 Å². The average molecular weight is 304 g/mol. The van der Waals surface area contributed by atoms with Gasteiger partial charge in [0.05, 0.1) is 3.79 Å². The lowest BCUT2D eigenvalue weighted by Gasteiger charge is -2.26. The number of halogens is 1. The summed E-state index contributed by atoms with van der Waals surface area (Å²) in [6.07, 6.45) is 4.88. The van der Waals surface area contributed by atoms with Crippen molar-refractivity contribution < 1.29 is 5.11 Å². The van der Waals surface area contributed by atoms with Crippen molar-refractivity contribution in [3.63, 3.8) is 0 Å². The molecule has 1 aromatic heterocycles. The molecule has 90 valence electrons. The van der Waals surface area contributed by atoms with Gasteiger partial charge in [0.2, 0.25) is 0 Å². The highest BCUT2D eigenvalue weighted by Gasteiger charge is 2.32. The average Bonchev–Trinajstić information content (AvgIpc) is 2.89. The van der Waals surface area contributed by atoms with Crippen LogP contribution in [0.2, 0.25) is 0 Å². The first kappa shape index (κ1) is 12.6. The Bertz CT molecular complexity index is 334. The number of hydrogen-bond acceptors (Lipinski definition) is 3. The summed E-state index contributed by atoms with van der Waals surface area (Å²) < 4.78 is 1.18. The Morgan fingerprint density at radius 3 is 2.69 bits per heavy atom. The van der Waals surface area contributed by atoms with Gasteiger partial charge >= 0.3 is 0 Å². The highest BCUT2D eigenvalue weighted by molar-refractivity contribution is 9.11. The maximum Gasteiger partial charge on any atom is 0.0701 e. The van der Waals surface area contributed by atoms with Crippen LogP contribution in [0, 0.1) is 5.41 Å². The molecule has 1 aliphatic rings. The Labute approximate surface area is 109 Å². The summed E-state index contributed by atoms with van der Waals surface area (Å²) in [5.41, 5.74) is 0.161. The van der Waals surface area contributed by atoms with Crippen LogP contribution < -0.4 is 5.32 Å². The summed E-state index contributed by atoms with van der Waals surface area (Å²) >= 11 is 5.23. The van der Waals surface area contributed by atoms with Crippen molar-refractivity contribution in [3.8, 4) is 0 Å². The largest absolute Gasteiger partial charge is 0.396 e. The van der Waals surface area contributed by atoms with E-state index in [1.165, 1.54) is 34.3 Å². The van der Waals surface area contributed by atoms with Gasteiger partial charge in [-0.3, -0.25) is 0 Å². The van der Waals surface area contributed by atoms with Crippen LogP contribution in [0.5, 0.6) is 0 Å². The normalized spacial score (nSPS) is 19.1. The number of thiophene rings is 1. The van der Waals surface area contributed by atoms with Crippen LogP contribution in [0.25, 0.3) is 0 Å². The van der Waals surface area contributed by atoms with Gasteiger partial charge in [-0.15, -0.1) is 11.3 Å². The third-order valence-electron chi connectivity index (χ3n) is 3.43. The molecule has 0 saturated heterocycles. The highest BCUT2D eigenvalue weighted by Crippen LogP contribution is 2.37. The van der Waals surface area contributed by atoms with Gasteiger partial charge in [-0.05, 0) is 40.9 Å². The van der Waals surface area contributed by atoms with Crippen LogP contribution in [-0.4, -0.2) is 18.3 Å². The summed E-state index contributed by atoms with van der Waals surface area (Å²) in [5.74, 6) is 0. The summed E-state index contributed by atoms with van der Waals surface area (Å²) in [6, 6.07) is 4.22. The molecule has 0 aromatic carbocycles. The van der Waals surface area contributed by atoms with E-state index in [1.807, 2.05) is 0 Å². The van der Waals surface area contributed by atoms with Crippen LogP contribution in [0.3, 0.4) is 0 Å². The lowest BCUT2D eigenvalue weighted by molar-refractivity contribution is 0.128. The zero-order valence-electron chi connectivity index (χ0n) is 9.34. The Kier molecular flexibility index (Phi) is 4.41. The molecular weight excluding hydrogens is 286 g/mol.